The van der Waals surface area contributed by atoms with Gasteiger partial charge in [0.1, 0.15) is 0 Å². The lowest BCUT2D eigenvalue weighted by Gasteiger charge is -2.17. The number of rotatable bonds is 8. The van der Waals surface area contributed by atoms with Crippen molar-refractivity contribution in [2.24, 2.45) is 0 Å². The number of aryl methyl sites for hydroxylation is 1. The fourth-order valence-corrected chi connectivity index (χ4v) is 4.66. The van der Waals surface area contributed by atoms with Crippen LogP contribution in [0.5, 0.6) is 0 Å². The largest absolute Gasteiger partial charge is 0.383 e. The van der Waals surface area contributed by atoms with Gasteiger partial charge in [-0.1, -0.05) is 17.8 Å². The van der Waals surface area contributed by atoms with E-state index in [1.807, 2.05) is 37.4 Å². The van der Waals surface area contributed by atoms with Crippen molar-refractivity contribution in [1.82, 2.24) is 19.4 Å². The molecule has 144 valence electrons. The van der Waals surface area contributed by atoms with E-state index in [1.165, 1.54) is 16.4 Å². The Balaban J connectivity index is 1.73. The first-order valence-electron chi connectivity index (χ1n) is 8.51. The number of hydrogen-bond donors (Lipinski definition) is 1. The molecule has 3 aromatic rings. The molecule has 0 radical (unpaired) electrons. The van der Waals surface area contributed by atoms with Crippen molar-refractivity contribution in [2.45, 2.75) is 32.0 Å². The average molecular weight is 406 g/mol. The third-order valence-electron chi connectivity index (χ3n) is 4.37. The number of thiophene rings is 1. The Labute approximate surface area is 166 Å². The summed E-state index contributed by atoms with van der Waals surface area (Å²) in [6.45, 7) is 6.65. The number of aromatic nitrogens is 4. The Bertz CT molecular complexity index is 930. The number of nitrogens with zero attached hydrogens (tertiary/aromatic N) is 4. The van der Waals surface area contributed by atoms with Crippen LogP contribution >= 0.6 is 23.1 Å². The Kier molecular flexibility index (Phi) is 6.03. The third-order valence-corrected chi connectivity index (χ3v) is 6.18. The summed E-state index contributed by atoms with van der Waals surface area (Å²) in [5.41, 5.74) is 2.73. The lowest BCUT2D eigenvalue weighted by Crippen LogP contribution is -2.15. The first-order chi connectivity index (χ1) is 12.9. The highest BCUT2D eigenvalue weighted by molar-refractivity contribution is 7.99. The van der Waals surface area contributed by atoms with E-state index < -0.39 is 0 Å². The van der Waals surface area contributed by atoms with Crippen LogP contribution in [0.25, 0.3) is 10.7 Å². The van der Waals surface area contributed by atoms with Crippen molar-refractivity contribution in [2.75, 3.05) is 25.3 Å². The number of Topliss-reactive ketones (excluding diaryl/α,β-unsaturated/α-hetero) is 1. The van der Waals surface area contributed by atoms with E-state index in [2.05, 4.69) is 21.7 Å². The summed E-state index contributed by atoms with van der Waals surface area (Å²) in [6.07, 6.45) is 0. The summed E-state index contributed by atoms with van der Waals surface area (Å²) >= 11 is 2.84. The number of thioether (sulfide) groups is 1. The molecule has 1 atom stereocenters. The lowest BCUT2D eigenvalue weighted by atomic mass is 10.2. The number of carbonyl (C=O) groups is 1. The van der Waals surface area contributed by atoms with Crippen LogP contribution in [0.4, 0.5) is 0 Å². The Morgan fingerprint density at radius 3 is 2.85 bits per heavy atom. The second-order valence-corrected chi connectivity index (χ2v) is 8.21. The van der Waals surface area contributed by atoms with Crippen molar-refractivity contribution in [3.63, 3.8) is 0 Å². The van der Waals surface area contributed by atoms with Crippen LogP contribution in [0.2, 0.25) is 0 Å². The Hall–Kier alpha value is -2.10. The zero-order valence-corrected chi connectivity index (χ0v) is 17.4. The predicted octanol–water partition coefficient (Wildman–Crippen LogP) is 3.32. The maximum Gasteiger partial charge on any atom is 0.210 e. The van der Waals surface area contributed by atoms with E-state index in [4.69, 9.17) is 10.6 Å². The van der Waals surface area contributed by atoms with Gasteiger partial charge in [-0.05, 0) is 38.3 Å². The van der Waals surface area contributed by atoms with E-state index in [9.17, 15) is 4.79 Å². The summed E-state index contributed by atoms with van der Waals surface area (Å²) in [4.78, 5) is 13.7. The molecule has 0 unspecified atom stereocenters. The van der Waals surface area contributed by atoms with Gasteiger partial charge in [0.05, 0.1) is 23.3 Å². The predicted molar refractivity (Wildman–Crippen MR) is 109 cm³/mol. The molecular formula is C18H23N5O2S2. The van der Waals surface area contributed by atoms with Crippen LogP contribution in [0.1, 0.15) is 34.7 Å². The van der Waals surface area contributed by atoms with Crippen molar-refractivity contribution >= 4 is 28.9 Å². The van der Waals surface area contributed by atoms with E-state index in [-0.39, 0.29) is 17.6 Å². The molecule has 0 aromatic carbocycles. The minimum Gasteiger partial charge on any atom is -0.383 e. The number of ketones is 1. The third kappa shape index (κ3) is 3.95. The molecule has 0 spiro atoms. The molecule has 7 nitrogen and oxygen atoms in total. The van der Waals surface area contributed by atoms with Crippen LogP contribution in [-0.4, -0.2) is 44.7 Å². The van der Waals surface area contributed by atoms with Gasteiger partial charge in [0.25, 0.3) is 0 Å². The molecule has 3 rings (SSSR count). The average Bonchev–Trinajstić information content (AvgIpc) is 3.33. The highest BCUT2D eigenvalue weighted by atomic mass is 32.2. The van der Waals surface area contributed by atoms with Gasteiger partial charge in [-0.25, -0.2) is 4.68 Å². The number of hydrogen-bond acceptors (Lipinski definition) is 7. The van der Waals surface area contributed by atoms with E-state index in [1.54, 1.807) is 18.4 Å². The summed E-state index contributed by atoms with van der Waals surface area (Å²) in [6, 6.07) is 5.98. The van der Waals surface area contributed by atoms with Gasteiger partial charge in [-0.15, -0.1) is 21.5 Å². The maximum absolute atomic E-state index is 12.8. The zero-order valence-electron chi connectivity index (χ0n) is 15.8. The standard InChI is InChI=1S/C18H23N5O2S2/c1-11-8-14(13(3)22(11)12(2)9-25-4)15(24)10-27-18-21-20-17(23(18)19)16-6-5-7-26-16/h5-8,12H,9-10,19H2,1-4H3/t12-/m1/s1. The Morgan fingerprint density at radius 1 is 1.41 bits per heavy atom. The number of methoxy groups -OCH3 is 1. The molecule has 0 fully saturated rings. The van der Waals surface area contributed by atoms with Crippen molar-refractivity contribution < 1.29 is 9.53 Å². The summed E-state index contributed by atoms with van der Waals surface area (Å²) in [5.74, 6) is 7.00. The molecule has 3 heterocycles. The second-order valence-electron chi connectivity index (χ2n) is 6.32. The molecule has 27 heavy (non-hydrogen) atoms. The zero-order chi connectivity index (χ0) is 19.6. The SMILES string of the molecule is COC[C@@H](C)n1c(C)cc(C(=O)CSc2nnc(-c3cccs3)n2N)c1C. The van der Waals surface area contributed by atoms with Gasteiger partial charge < -0.3 is 15.1 Å². The van der Waals surface area contributed by atoms with Crippen LogP contribution in [-0.2, 0) is 4.74 Å². The minimum atomic E-state index is 0.0460. The molecule has 2 N–H and O–H groups in total. The van der Waals surface area contributed by atoms with Gasteiger partial charge >= 0.3 is 0 Å². The Morgan fingerprint density at radius 2 is 2.19 bits per heavy atom. The molecule has 3 aromatic heterocycles. The highest BCUT2D eigenvalue weighted by Crippen LogP contribution is 2.27. The number of ether oxygens (including phenoxy) is 1. The molecular weight excluding hydrogens is 382 g/mol. The van der Waals surface area contributed by atoms with Crippen LogP contribution in [0.15, 0.2) is 28.7 Å². The monoisotopic (exact) mass is 405 g/mol. The van der Waals surface area contributed by atoms with Gasteiger partial charge in [0, 0.05) is 24.1 Å². The fraction of sp³-hybridized carbons (Fsp3) is 0.389. The molecule has 0 aliphatic heterocycles. The van der Waals surface area contributed by atoms with Crippen LogP contribution < -0.4 is 5.84 Å². The minimum absolute atomic E-state index is 0.0460. The quantitative estimate of drug-likeness (QED) is 0.351. The summed E-state index contributed by atoms with van der Waals surface area (Å²) in [5, 5.41) is 10.7. The van der Waals surface area contributed by atoms with E-state index in [0.717, 1.165) is 21.8 Å². The first kappa shape index (κ1) is 19.7. The smallest absolute Gasteiger partial charge is 0.210 e. The van der Waals surface area contributed by atoms with Gasteiger partial charge in [0.2, 0.25) is 5.16 Å². The number of carbonyl (C=O) groups excluding carboxylic acids is 1. The molecule has 0 amide bonds. The van der Waals surface area contributed by atoms with Crippen LogP contribution in [0, 0.1) is 13.8 Å². The van der Waals surface area contributed by atoms with Gasteiger partial charge in [-0.3, -0.25) is 4.79 Å². The number of nitrogen functional groups attached to an aromatic ring is 1. The van der Waals surface area contributed by atoms with E-state index >= 15 is 0 Å². The van der Waals surface area contributed by atoms with Crippen LogP contribution in [0.3, 0.4) is 0 Å². The molecule has 0 saturated carbocycles. The molecule has 0 saturated heterocycles. The second kappa shape index (κ2) is 8.28. The van der Waals surface area contributed by atoms with Crippen molar-refractivity contribution in [3.8, 4) is 10.7 Å². The van der Waals surface area contributed by atoms with Gasteiger partial charge in [-0.2, -0.15) is 0 Å². The van der Waals surface area contributed by atoms with Gasteiger partial charge in [0.15, 0.2) is 11.6 Å². The van der Waals surface area contributed by atoms with Crippen molar-refractivity contribution in [1.29, 1.82) is 0 Å². The number of nitrogens with two attached hydrogens (primary N) is 1. The van der Waals surface area contributed by atoms with Crippen molar-refractivity contribution in [3.05, 3.63) is 40.5 Å². The molecule has 0 aliphatic rings. The normalized spacial score (nSPS) is 12.4. The summed E-state index contributed by atoms with van der Waals surface area (Å²) in [7, 11) is 1.68. The maximum atomic E-state index is 12.8. The molecule has 9 heteroatoms. The molecule has 0 aliphatic carbocycles. The highest BCUT2D eigenvalue weighted by Gasteiger charge is 2.20. The molecule has 0 bridgehead atoms. The topological polar surface area (TPSA) is 88.0 Å². The van der Waals surface area contributed by atoms with E-state index in [0.29, 0.717) is 17.6 Å². The lowest BCUT2D eigenvalue weighted by molar-refractivity contribution is 0.102. The first-order valence-corrected chi connectivity index (χ1v) is 10.4. The summed E-state index contributed by atoms with van der Waals surface area (Å²) < 4.78 is 8.83. The fourth-order valence-electron chi connectivity index (χ4n) is 3.21.